The number of aliphatic hydroxyl groups is 1. The Kier molecular flexibility index (Phi) is 6.18. The van der Waals surface area contributed by atoms with E-state index >= 15 is 0 Å². The van der Waals surface area contributed by atoms with Gasteiger partial charge in [-0.2, -0.15) is 0 Å². The number of hydrogen-bond acceptors (Lipinski definition) is 5. The molecule has 0 saturated carbocycles. The largest absolute Gasteiger partial charge is 0.508 e. The number of rotatable bonds is 4. The van der Waals surface area contributed by atoms with Gasteiger partial charge >= 0.3 is 0 Å². The first-order chi connectivity index (χ1) is 19.4. The molecule has 5 heteroatoms. The molecule has 5 aromatic rings. The molecule has 0 unspecified atom stereocenters. The van der Waals surface area contributed by atoms with Gasteiger partial charge in [0, 0.05) is 11.1 Å². The van der Waals surface area contributed by atoms with Crippen molar-refractivity contribution < 1.29 is 25.2 Å². The van der Waals surface area contributed by atoms with Crippen molar-refractivity contribution in [1.29, 1.82) is 0 Å². The lowest BCUT2D eigenvalue weighted by atomic mass is 9.66. The fourth-order valence-corrected chi connectivity index (χ4v) is 5.74. The van der Waals surface area contributed by atoms with E-state index in [1.807, 2.05) is 54.6 Å². The Morgan fingerprint density at radius 2 is 1.23 bits per heavy atom. The summed E-state index contributed by atoms with van der Waals surface area (Å²) in [7, 11) is 1.62. The van der Waals surface area contributed by atoms with Crippen molar-refractivity contribution in [2.45, 2.75) is 12.0 Å². The summed E-state index contributed by atoms with van der Waals surface area (Å²) in [6.45, 7) is -0.220. The van der Waals surface area contributed by atoms with E-state index in [9.17, 15) is 20.4 Å². The smallest absolute Gasteiger partial charge is 0.118 e. The molecule has 0 aliphatic heterocycles. The standard InChI is InChI=1S/C35H26O5/c1-40-29-15-8-25(9-16-29)35(24-6-12-27(38)13-7-24)33-20-28(39)14-19-31(33)32-18-5-23(21-36)30(34(32)35)17-4-22-2-10-26(37)11-3-22/h2-3,5-16,18-20,36-39H,21H2,1H3/t35-/m0/s1. The minimum absolute atomic E-state index is 0.127. The van der Waals surface area contributed by atoms with Crippen molar-refractivity contribution in [2.24, 2.45) is 0 Å². The van der Waals surface area contributed by atoms with Crippen LogP contribution >= 0.6 is 0 Å². The van der Waals surface area contributed by atoms with Gasteiger partial charge in [0.25, 0.3) is 0 Å². The zero-order valence-electron chi connectivity index (χ0n) is 21.7. The van der Waals surface area contributed by atoms with Crippen LogP contribution in [0, 0.1) is 11.8 Å². The summed E-state index contributed by atoms with van der Waals surface area (Å²) in [5.74, 6) is 7.69. The average Bonchev–Trinajstić information content (AvgIpc) is 3.27. The number of aromatic hydroxyl groups is 3. The number of fused-ring (bicyclic) bond motifs is 3. The van der Waals surface area contributed by atoms with Crippen LogP contribution in [0.1, 0.15) is 38.9 Å². The molecule has 0 fully saturated rings. The summed E-state index contributed by atoms with van der Waals surface area (Å²) < 4.78 is 5.45. The molecule has 1 aliphatic rings. The zero-order chi connectivity index (χ0) is 27.9. The van der Waals surface area contributed by atoms with E-state index in [2.05, 4.69) is 11.8 Å². The fourth-order valence-electron chi connectivity index (χ4n) is 5.74. The van der Waals surface area contributed by atoms with Crippen LogP contribution in [0.4, 0.5) is 0 Å². The van der Waals surface area contributed by atoms with Crippen LogP contribution < -0.4 is 4.74 Å². The molecule has 5 aromatic carbocycles. The molecule has 4 N–H and O–H groups in total. The second-order valence-corrected chi connectivity index (χ2v) is 9.73. The molecule has 0 bridgehead atoms. The Hall–Kier alpha value is -5.18. The highest BCUT2D eigenvalue weighted by Gasteiger charge is 2.48. The van der Waals surface area contributed by atoms with Crippen molar-refractivity contribution in [2.75, 3.05) is 7.11 Å². The SMILES string of the molecule is COc1ccc([C@@]2(c3ccc(O)cc3)c3cc(O)ccc3-c3ccc(CO)c(C#Cc4ccc(O)cc4)c32)cc1. The monoisotopic (exact) mass is 526 g/mol. The van der Waals surface area contributed by atoms with Gasteiger partial charge in [0.2, 0.25) is 0 Å². The maximum absolute atomic E-state index is 10.7. The number of benzene rings is 5. The van der Waals surface area contributed by atoms with E-state index in [1.165, 1.54) is 0 Å². The topological polar surface area (TPSA) is 90.2 Å². The van der Waals surface area contributed by atoms with Crippen molar-refractivity contribution >= 4 is 0 Å². The van der Waals surface area contributed by atoms with E-state index in [1.54, 1.807) is 55.6 Å². The summed E-state index contributed by atoms with van der Waals surface area (Å²) in [6.07, 6.45) is 0. The van der Waals surface area contributed by atoms with Gasteiger partial charge in [0.15, 0.2) is 0 Å². The predicted octanol–water partition coefficient (Wildman–Crippen LogP) is 6.07. The number of ether oxygens (including phenoxy) is 1. The van der Waals surface area contributed by atoms with E-state index < -0.39 is 5.41 Å². The Bertz CT molecular complexity index is 1780. The van der Waals surface area contributed by atoms with Crippen LogP contribution in [0.2, 0.25) is 0 Å². The number of phenolic OH excluding ortho intramolecular Hbond substituents is 3. The van der Waals surface area contributed by atoms with Crippen LogP contribution in [-0.4, -0.2) is 27.5 Å². The molecule has 0 heterocycles. The van der Waals surface area contributed by atoms with Crippen LogP contribution in [0.25, 0.3) is 11.1 Å². The predicted molar refractivity (Wildman–Crippen MR) is 154 cm³/mol. The quantitative estimate of drug-likeness (QED) is 0.210. The summed E-state index contributed by atoms with van der Waals surface area (Å²) >= 11 is 0. The number of aliphatic hydroxyl groups excluding tert-OH is 1. The van der Waals surface area contributed by atoms with Crippen molar-refractivity contribution in [3.8, 4) is 46.0 Å². The molecule has 0 amide bonds. The molecular weight excluding hydrogens is 500 g/mol. The third-order valence-corrected chi connectivity index (χ3v) is 7.56. The Morgan fingerprint density at radius 1 is 0.650 bits per heavy atom. The first-order valence-corrected chi connectivity index (χ1v) is 12.8. The van der Waals surface area contributed by atoms with E-state index in [-0.39, 0.29) is 23.9 Å². The lowest BCUT2D eigenvalue weighted by molar-refractivity contribution is 0.281. The average molecular weight is 527 g/mol. The Morgan fingerprint density at radius 3 is 1.85 bits per heavy atom. The minimum Gasteiger partial charge on any atom is -0.508 e. The third kappa shape index (κ3) is 3.94. The van der Waals surface area contributed by atoms with Gasteiger partial charge in [0.1, 0.15) is 23.0 Å². The number of hydrogen-bond donors (Lipinski definition) is 4. The molecule has 0 radical (unpaired) electrons. The van der Waals surface area contributed by atoms with Crippen LogP contribution in [-0.2, 0) is 12.0 Å². The highest BCUT2D eigenvalue weighted by molar-refractivity contribution is 5.89. The van der Waals surface area contributed by atoms with E-state index in [0.29, 0.717) is 22.4 Å². The van der Waals surface area contributed by atoms with Crippen molar-refractivity contribution in [1.82, 2.24) is 0 Å². The van der Waals surface area contributed by atoms with Crippen LogP contribution in [0.3, 0.4) is 0 Å². The number of phenols is 3. The first kappa shape index (κ1) is 25.1. The highest BCUT2D eigenvalue weighted by atomic mass is 16.5. The summed E-state index contributed by atoms with van der Waals surface area (Å²) in [4.78, 5) is 0. The van der Waals surface area contributed by atoms with E-state index in [0.717, 1.165) is 33.4 Å². The second kappa shape index (κ2) is 9.85. The maximum atomic E-state index is 10.7. The Balaban J connectivity index is 1.76. The molecule has 6 rings (SSSR count). The zero-order valence-corrected chi connectivity index (χ0v) is 21.7. The molecule has 5 nitrogen and oxygen atoms in total. The lowest BCUT2D eigenvalue weighted by Crippen LogP contribution is -2.30. The number of methoxy groups -OCH3 is 1. The molecular formula is C35H26O5. The molecule has 0 aromatic heterocycles. The fraction of sp³-hybridized carbons (Fsp3) is 0.0857. The highest BCUT2D eigenvalue weighted by Crippen LogP contribution is 2.58. The van der Waals surface area contributed by atoms with Gasteiger partial charge in [-0.3, -0.25) is 0 Å². The van der Waals surface area contributed by atoms with E-state index in [4.69, 9.17) is 4.74 Å². The molecule has 0 saturated heterocycles. The summed E-state index contributed by atoms with van der Waals surface area (Å²) in [6, 6.07) is 30.8. The van der Waals surface area contributed by atoms with Gasteiger partial charge in [-0.15, -0.1) is 0 Å². The molecule has 196 valence electrons. The first-order valence-electron chi connectivity index (χ1n) is 12.8. The van der Waals surface area contributed by atoms with Crippen molar-refractivity contribution in [3.05, 3.63) is 142 Å². The molecule has 1 aliphatic carbocycles. The van der Waals surface area contributed by atoms with Gasteiger partial charge in [0.05, 0.1) is 19.1 Å². The molecule has 0 spiro atoms. The summed E-state index contributed by atoms with van der Waals surface area (Å²) in [5, 5.41) is 41.1. The second-order valence-electron chi connectivity index (χ2n) is 9.73. The normalized spacial score (nSPS) is 15.1. The third-order valence-electron chi connectivity index (χ3n) is 7.56. The molecule has 1 atom stereocenters. The lowest BCUT2D eigenvalue weighted by Gasteiger charge is -2.35. The Labute approximate surface area is 232 Å². The molecule has 40 heavy (non-hydrogen) atoms. The van der Waals surface area contributed by atoms with Crippen LogP contribution in [0.5, 0.6) is 23.0 Å². The van der Waals surface area contributed by atoms with Crippen molar-refractivity contribution in [3.63, 3.8) is 0 Å². The van der Waals surface area contributed by atoms with Gasteiger partial charge < -0.3 is 25.2 Å². The minimum atomic E-state index is -0.937. The summed E-state index contributed by atoms with van der Waals surface area (Å²) in [5.41, 5.74) is 6.51. The van der Waals surface area contributed by atoms with Gasteiger partial charge in [-0.05, 0) is 99.6 Å². The van der Waals surface area contributed by atoms with Crippen LogP contribution in [0.15, 0.2) is 103 Å². The maximum Gasteiger partial charge on any atom is 0.118 e. The van der Waals surface area contributed by atoms with Gasteiger partial charge in [-0.25, -0.2) is 0 Å². The van der Waals surface area contributed by atoms with Gasteiger partial charge in [-0.1, -0.05) is 54.3 Å².